The fourth-order valence-electron chi connectivity index (χ4n) is 2.47. The third-order valence-electron chi connectivity index (χ3n) is 3.39. The Morgan fingerprint density at radius 1 is 1.28 bits per heavy atom. The summed E-state index contributed by atoms with van der Waals surface area (Å²) in [6.45, 7) is 3.77. The minimum absolute atomic E-state index is 0.104. The van der Waals surface area contributed by atoms with Crippen LogP contribution in [0.4, 0.5) is 0 Å². The van der Waals surface area contributed by atoms with Gasteiger partial charge in [0.2, 0.25) is 0 Å². The molecular weight excluding hydrogens is 228 g/mol. The topological polar surface area (TPSA) is 52.6 Å². The Kier molecular flexibility index (Phi) is 4.73. The highest BCUT2D eigenvalue weighted by Crippen LogP contribution is 2.13. The van der Waals surface area contributed by atoms with Gasteiger partial charge in [-0.1, -0.05) is 30.3 Å². The van der Waals surface area contributed by atoms with Crippen molar-refractivity contribution in [2.75, 3.05) is 26.2 Å². The van der Waals surface area contributed by atoms with Crippen LogP contribution in [-0.4, -0.2) is 48.2 Å². The highest BCUT2D eigenvalue weighted by atomic mass is 16.4. The second-order valence-electron chi connectivity index (χ2n) is 4.73. The zero-order valence-corrected chi connectivity index (χ0v) is 10.5. The zero-order chi connectivity index (χ0) is 12.8. The normalized spacial score (nSPS) is 18.4. The lowest BCUT2D eigenvalue weighted by Gasteiger charge is -2.34. The van der Waals surface area contributed by atoms with Gasteiger partial charge in [0.05, 0.1) is 6.42 Å². The van der Waals surface area contributed by atoms with Crippen LogP contribution < -0.4 is 5.32 Å². The summed E-state index contributed by atoms with van der Waals surface area (Å²) in [5.41, 5.74) is 1.21. The first-order valence-electron chi connectivity index (χ1n) is 6.46. The number of carboxylic acid groups (broad SMARTS) is 1. The van der Waals surface area contributed by atoms with Crippen LogP contribution in [0.3, 0.4) is 0 Å². The maximum Gasteiger partial charge on any atom is 0.304 e. The Bertz CT molecular complexity index is 375. The molecule has 1 unspecified atom stereocenters. The molecule has 0 amide bonds. The number of piperazine rings is 1. The molecule has 1 atom stereocenters. The third kappa shape index (κ3) is 3.82. The average Bonchev–Trinajstić information content (AvgIpc) is 2.40. The Morgan fingerprint density at radius 3 is 2.56 bits per heavy atom. The predicted molar refractivity (Wildman–Crippen MR) is 70.6 cm³/mol. The van der Waals surface area contributed by atoms with E-state index >= 15 is 0 Å². The van der Waals surface area contributed by atoms with Gasteiger partial charge in [-0.05, 0) is 12.0 Å². The van der Waals surface area contributed by atoms with Crippen molar-refractivity contribution in [3.63, 3.8) is 0 Å². The van der Waals surface area contributed by atoms with Crippen molar-refractivity contribution in [3.05, 3.63) is 35.9 Å². The third-order valence-corrected chi connectivity index (χ3v) is 3.39. The molecule has 1 aromatic rings. The molecule has 0 radical (unpaired) electrons. The fourth-order valence-corrected chi connectivity index (χ4v) is 2.47. The van der Waals surface area contributed by atoms with Crippen LogP contribution in [0.1, 0.15) is 12.0 Å². The van der Waals surface area contributed by atoms with Gasteiger partial charge in [-0.3, -0.25) is 9.69 Å². The molecular formula is C14H20N2O2. The summed E-state index contributed by atoms with van der Waals surface area (Å²) >= 11 is 0. The van der Waals surface area contributed by atoms with E-state index in [0.29, 0.717) is 0 Å². The minimum atomic E-state index is -0.713. The minimum Gasteiger partial charge on any atom is -0.481 e. The van der Waals surface area contributed by atoms with Gasteiger partial charge in [-0.2, -0.15) is 0 Å². The largest absolute Gasteiger partial charge is 0.481 e. The quantitative estimate of drug-likeness (QED) is 0.815. The van der Waals surface area contributed by atoms with Crippen molar-refractivity contribution < 1.29 is 9.90 Å². The second-order valence-corrected chi connectivity index (χ2v) is 4.73. The fraction of sp³-hybridized carbons (Fsp3) is 0.500. The summed E-state index contributed by atoms with van der Waals surface area (Å²) < 4.78 is 0. The lowest BCUT2D eigenvalue weighted by atomic mass is 10.0. The Morgan fingerprint density at radius 2 is 1.94 bits per heavy atom. The number of carbonyl (C=O) groups is 1. The van der Waals surface area contributed by atoms with Crippen LogP contribution in [-0.2, 0) is 11.2 Å². The molecule has 1 aliphatic rings. The summed E-state index contributed by atoms with van der Waals surface area (Å²) in [6.07, 6.45) is 1.03. The molecule has 0 aliphatic carbocycles. The summed E-state index contributed by atoms with van der Waals surface area (Å²) in [6, 6.07) is 10.2. The maximum atomic E-state index is 11.0. The Labute approximate surface area is 108 Å². The van der Waals surface area contributed by atoms with Gasteiger partial charge in [-0.25, -0.2) is 0 Å². The number of rotatable bonds is 5. The van der Waals surface area contributed by atoms with E-state index in [1.165, 1.54) is 5.56 Å². The van der Waals surface area contributed by atoms with E-state index in [1.54, 1.807) is 0 Å². The van der Waals surface area contributed by atoms with E-state index in [1.807, 2.05) is 18.2 Å². The molecule has 1 aromatic carbocycles. The van der Waals surface area contributed by atoms with E-state index in [9.17, 15) is 4.79 Å². The molecule has 0 saturated carbocycles. The molecule has 1 heterocycles. The highest BCUT2D eigenvalue weighted by molar-refractivity contribution is 5.67. The van der Waals surface area contributed by atoms with Crippen molar-refractivity contribution >= 4 is 5.97 Å². The number of hydrogen-bond donors (Lipinski definition) is 2. The summed E-state index contributed by atoms with van der Waals surface area (Å²) in [5, 5.41) is 12.3. The maximum absolute atomic E-state index is 11.0. The number of hydrogen-bond acceptors (Lipinski definition) is 3. The van der Waals surface area contributed by atoms with E-state index in [-0.39, 0.29) is 12.5 Å². The molecule has 2 N–H and O–H groups in total. The molecule has 2 rings (SSSR count). The molecule has 18 heavy (non-hydrogen) atoms. The molecule has 1 aliphatic heterocycles. The lowest BCUT2D eigenvalue weighted by molar-refractivity contribution is -0.138. The number of carboxylic acids is 1. The zero-order valence-electron chi connectivity index (χ0n) is 10.5. The van der Waals surface area contributed by atoms with Crippen LogP contribution in [0, 0.1) is 0 Å². The molecule has 0 spiro atoms. The first-order chi connectivity index (χ1) is 8.75. The molecule has 0 aromatic heterocycles. The van der Waals surface area contributed by atoms with Crippen LogP contribution in [0.2, 0.25) is 0 Å². The van der Waals surface area contributed by atoms with E-state index in [0.717, 1.165) is 32.6 Å². The highest BCUT2D eigenvalue weighted by Gasteiger charge is 2.22. The van der Waals surface area contributed by atoms with Gasteiger partial charge >= 0.3 is 5.97 Å². The molecule has 1 saturated heterocycles. The SMILES string of the molecule is O=C(O)CC(Cc1ccccc1)N1CCNCC1. The van der Waals surface area contributed by atoms with Crippen LogP contribution in [0.25, 0.3) is 0 Å². The van der Waals surface area contributed by atoms with Gasteiger partial charge in [-0.15, -0.1) is 0 Å². The van der Waals surface area contributed by atoms with Crippen molar-refractivity contribution in [1.29, 1.82) is 0 Å². The monoisotopic (exact) mass is 248 g/mol. The first-order valence-corrected chi connectivity index (χ1v) is 6.46. The molecule has 98 valence electrons. The van der Waals surface area contributed by atoms with Crippen LogP contribution in [0.15, 0.2) is 30.3 Å². The van der Waals surface area contributed by atoms with Crippen LogP contribution in [0.5, 0.6) is 0 Å². The van der Waals surface area contributed by atoms with E-state index in [2.05, 4.69) is 22.3 Å². The Balaban J connectivity index is 2.02. The molecule has 4 heteroatoms. The van der Waals surface area contributed by atoms with Crippen molar-refractivity contribution in [2.24, 2.45) is 0 Å². The smallest absolute Gasteiger partial charge is 0.304 e. The predicted octanol–water partition coefficient (Wildman–Crippen LogP) is 0.978. The lowest BCUT2D eigenvalue weighted by Crippen LogP contribution is -2.49. The van der Waals surface area contributed by atoms with Gasteiger partial charge < -0.3 is 10.4 Å². The second kappa shape index (κ2) is 6.52. The molecule has 1 fully saturated rings. The van der Waals surface area contributed by atoms with Crippen molar-refractivity contribution in [1.82, 2.24) is 10.2 Å². The molecule has 0 bridgehead atoms. The first kappa shape index (κ1) is 13.1. The van der Waals surface area contributed by atoms with E-state index in [4.69, 9.17) is 5.11 Å². The van der Waals surface area contributed by atoms with Crippen molar-refractivity contribution in [2.45, 2.75) is 18.9 Å². The molecule has 4 nitrogen and oxygen atoms in total. The number of nitrogens with one attached hydrogen (secondary N) is 1. The standard InChI is InChI=1S/C14H20N2O2/c17-14(18)11-13(16-8-6-15-7-9-16)10-12-4-2-1-3-5-12/h1-5,13,15H,6-11H2,(H,17,18). The summed E-state index contributed by atoms with van der Waals surface area (Å²) in [5.74, 6) is -0.713. The van der Waals surface area contributed by atoms with Gasteiger partial charge in [0.15, 0.2) is 0 Å². The van der Waals surface area contributed by atoms with Gasteiger partial charge in [0.1, 0.15) is 0 Å². The number of benzene rings is 1. The number of aliphatic carboxylic acids is 1. The van der Waals surface area contributed by atoms with Crippen LogP contribution >= 0.6 is 0 Å². The van der Waals surface area contributed by atoms with Gasteiger partial charge in [0, 0.05) is 32.2 Å². The average molecular weight is 248 g/mol. The Hall–Kier alpha value is -1.39. The summed E-state index contributed by atoms with van der Waals surface area (Å²) in [4.78, 5) is 13.3. The van der Waals surface area contributed by atoms with E-state index < -0.39 is 5.97 Å². The summed E-state index contributed by atoms with van der Waals surface area (Å²) in [7, 11) is 0. The van der Waals surface area contributed by atoms with Gasteiger partial charge in [0.25, 0.3) is 0 Å². The number of nitrogens with zero attached hydrogens (tertiary/aromatic N) is 1. The van der Waals surface area contributed by atoms with Crippen molar-refractivity contribution in [3.8, 4) is 0 Å².